The molecule has 5 heteroatoms. The zero-order valence-electron chi connectivity index (χ0n) is 7.87. The van der Waals surface area contributed by atoms with Crippen molar-refractivity contribution in [3.05, 3.63) is 22.6 Å². The molecule has 0 aliphatic carbocycles. The summed E-state index contributed by atoms with van der Waals surface area (Å²) in [6.07, 6.45) is 2.64. The van der Waals surface area contributed by atoms with Crippen LogP contribution in [0.15, 0.2) is 17.1 Å². The highest BCUT2D eigenvalue weighted by molar-refractivity contribution is 5.39. The van der Waals surface area contributed by atoms with E-state index in [0.717, 1.165) is 18.7 Å². The molecular weight excluding hydrogens is 168 g/mol. The third-order valence-corrected chi connectivity index (χ3v) is 1.64. The normalized spacial score (nSPS) is 10.0. The van der Waals surface area contributed by atoms with Crippen LogP contribution >= 0.6 is 0 Å². The van der Waals surface area contributed by atoms with E-state index in [-0.39, 0.29) is 5.56 Å². The fraction of sp³-hybridized carbons (Fsp3) is 0.500. The molecule has 0 unspecified atom stereocenters. The van der Waals surface area contributed by atoms with Gasteiger partial charge in [-0.3, -0.25) is 4.79 Å². The molecule has 0 fully saturated rings. The number of H-pyrrole nitrogens is 1. The summed E-state index contributed by atoms with van der Waals surface area (Å²) in [6.45, 7) is 2.96. The van der Waals surface area contributed by atoms with Gasteiger partial charge in [0.15, 0.2) is 0 Å². The van der Waals surface area contributed by atoms with E-state index >= 15 is 0 Å². The van der Waals surface area contributed by atoms with Gasteiger partial charge in [-0.1, -0.05) is 6.92 Å². The molecule has 72 valence electrons. The largest absolute Gasteiger partial charge is 0.310 e. The maximum Gasteiger partial charge on any atom is 0.266 e. The Kier molecular flexibility index (Phi) is 3.45. The van der Waals surface area contributed by atoms with Crippen LogP contribution in [0.2, 0.25) is 0 Å². The van der Waals surface area contributed by atoms with E-state index < -0.39 is 0 Å². The maximum absolute atomic E-state index is 10.9. The van der Waals surface area contributed by atoms with Crippen LogP contribution in [0.25, 0.3) is 0 Å². The van der Waals surface area contributed by atoms with E-state index in [1.54, 1.807) is 11.2 Å². The smallest absolute Gasteiger partial charge is 0.266 e. The molecule has 5 nitrogen and oxygen atoms in total. The van der Waals surface area contributed by atoms with E-state index in [1.165, 1.54) is 6.07 Å². The zero-order valence-corrected chi connectivity index (χ0v) is 7.87. The molecular formula is C8H14N4O. The summed E-state index contributed by atoms with van der Waals surface area (Å²) in [7, 11) is 1.85. The summed E-state index contributed by atoms with van der Waals surface area (Å²) < 4.78 is 0. The molecule has 0 atom stereocenters. The van der Waals surface area contributed by atoms with E-state index in [4.69, 9.17) is 0 Å². The molecule has 0 radical (unpaired) electrons. The predicted octanol–water partition coefficient (Wildman–Crippen LogP) is 0.121. The van der Waals surface area contributed by atoms with Crippen LogP contribution in [0.1, 0.15) is 13.3 Å². The second kappa shape index (κ2) is 4.61. The Labute approximate surface area is 76.7 Å². The molecule has 0 saturated heterocycles. The molecule has 13 heavy (non-hydrogen) atoms. The van der Waals surface area contributed by atoms with Gasteiger partial charge >= 0.3 is 0 Å². The van der Waals surface area contributed by atoms with Crippen molar-refractivity contribution in [3.8, 4) is 0 Å². The van der Waals surface area contributed by atoms with E-state index in [2.05, 4.69) is 22.5 Å². The van der Waals surface area contributed by atoms with Crippen LogP contribution in [0, 0.1) is 0 Å². The molecule has 0 aliphatic heterocycles. The minimum atomic E-state index is -0.192. The van der Waals surface area contributed by atoms with Gasteiger partial charge in [0.2, 0.25) is 0 Å². The fourth-order valence-corrected chi connectivity index (χ4v) is 0.920. The van der Waals surface area contributed by atoms with E-state index in [1.807, 2.05) is 7.05 Å². The number of nitrogens with one attached hydrogen (secondary N) is 2. The highest BCUT2D eigenvalue weighted by Crippen LogP contribution is 2.02. The van der Waals surface area contributed by atoms with Crippen LogP contribution in [-0.4, -0.2) is 23.8 Å². The van der Waals surface area contributed by atoms with Gasteiger partial charge in [-0.05, 0) is 6.42 Å². The first kappa shape index (κ1) is 9.73. The second-order valence-corrected chi connectivity index (χ2v) is 2.77. The van der Waals surface area contributed by atoms with Crippen LogP contribution in [0.3, 0.4) is 0 Å². The highest BCUT2D eigenvalue weighted by atomic mass is 16.1. The molecule has 0 aliphatic rings. The number of hydrogen-bond donors (Lipinski definition) is 2. The maximum atomic E-state index is 10.9. The SMILES string of the molecule is CCCNN(C)c1cn[nH]c(=O)c1. The topological polar surface area (TPSA) is 61.0 Å². The van der Waals surface area contributed by atoms with Gasteiger partial charge in [0.25, 0.3) is 5.56 Å². The van der Waals surface area contributed by atoms with Crippen LogP contribution < -0.4 is 16.0 Å². The summed E-state index contributed by atoms with van der Waals surface area (Å²) in [5.74, 6) is 0. The Morgan fingerprint density at radius 3 is 3.08 bits per heavy atom. The first-order valence-corrected chi connectivity index (χ1v) is 4.26. The molecule has 1 aromatic heterocycles. The minimum Gasteiger partial charge on any atom is -0.310 e. The average molecular weight is 182 g/mol. The van der Waals surface area contributed by atoms with Crippen LogP contribution in [0.4, 0.5) is 5.69 Å². The van der Waals surface area contributed by atoms with Crippen LogP contribution in [0.5, 0.6) is 0 Å². The molecule has 2 N–H and O–H groups in total. The Morgan fingerprint density at radius 1 is 1.69 bits per heavy atom. The van der Waals surface area contributed by atoms with E-state index in [0.29, 0.717) is 0 Å². The molecule has 0 amide bonds. The van der Waals surface area contributed by atoms with Gasteiger partial charge in [-0.25, -0.2) is 10.5 Å². The van der Waals surface area contributed by atoms with Gasteiger partial charge < -0.3 is 5.01 Å². The first-order valence-electron chi connectivity index (χ1n) is 4.26. The number of hydrogen-bond acceptors (Lipinski definition) is 4. The Hall–Kier alpha value is -1.36. The van der Waals surface area contributed by atoms with Gasteiger partial charge in [0, 0.05) is 19.7 Å². The Balaban J connectivity index is 2.65. The number of rotatable bonds is 4. The van der Waals surface area contributed by atoms with Gasteiger partial charge in [0.1, 0.15) is 0 Å². The lowest BCUT2D eigenvalue weighted by molar-refractivity contribution is 0.660. The van der Waals surface area contributed by atoms with E-state index in [9.17, 15) is 4.79 Å². The fourth-order valence-electron chi connectivity index (χ4n) is 0.920. The lowest BCUT2D eigenvalue weighted by Gasteiger charge is -2.18. The highest BCUT2D eigenvalue weighted by Gasteiger charge is 1.99. The molecule has 0 bridgehead atoms. The van der Waals surface area contributed by atoms with Crippen molar-refractivity contribution in [2.24, 2.45) is 0 Å². The Bertz CT molecular complexity index is 309. The first-order chi connectivity index (χ1) is 6.24. The monoisotopic (exact) mass is 182 g/mol. The molecule has 1 aromatic rings. The summed E-state index contributed by atoms with van der Waals surface area (Å²) in [6, 6.07) is 1.50. The number of aromatic nitrogens is 2. The number of aromatic amines is 1. The third kappa shape index (κ3) is 2.87. The minimum absolute atomic E-state index is 0.192. The predicted molar refractivity (Wildman–Crippen MR) is 51.6 cm³/mol. The molecule has 0 spiro atoms. The molecule has 0 aromatic carbocycles. The van der Waals surface area contributed by atoms with Crippen molar-refractivity contribution in [3.63, 3.8) is 0 Å². The van der Waals surface area contributed by atoms with Gasteiger partial charge in [-0.2, -0.15) is 5.10 Å². The van der Waals surface area contributed by atoms with Gasteiger partial charge in [-0.15, -0.1) is 0 Å². The number of hydrazine groups is 1. The standard InChI is InChI=1S/C8H14N4O/c1-3-4-10-12(2)7-5-8(13)11-9-6-7/h5-6,10H,3-4H2,1-2H3,(H,11,13). The summed E-state index contributed by atoms with van der Waals surface area (Å²) in [5.41, 5.74) is 3.69. The van der Waals surface area contributed by atoms with Gasteiger partial charge in [0.05, 0.1) is 11.9 Å². The summed E-state index contributed by atoms with van der Waals surface area (Å²) in [5, 5.41) is 7.80. The summed E-state index contributed by atoms with van der Waals surface area (Å²) >= 11 is 0. The average Bonchev–Trinajstić information content (AvgIpc) is 2.14. The van der Waals surface area contributed by atoms with Crippen molar-refractivity contribution in [1.82, 2.24) is 15.6 Å². The van der Waals surface area contributed by atoms with Crippen molar-refractivity contribution < 1.29 is 0 Å². The molecule has 0 saturated carbocycles. The van der Waals surface area contributed by atoms with Crippen molar-refractivity contribution in [2.45, 2.75) is 13.3 Å². The number of nitrogens with zero attached hydrogens (tertiary/aromatic N) is 2. The molecule has 1 heterocycles. The lowest BCUT2D eigenvalue weighted by Crippen LogP contribution is -2.35. The zero-order chi connectivity index (χ0) is 9.68. The second-order valence-electron chi connectivity index (χ2n) is 2.77. The van der Waals surface area contributed by atoms with Crippen LogP contribution in [-0.2, 0) is 0 Å². The van der Waals surface area contributed by atoms with Crippen molar-refractivity contribution in [1.29, 1.82) is 0 Å². The quantitative estimate of drug-likeness (QED) is 0.649. The Morgan fingerprint density at radius 2 is 2.46 bits per heavy atom. The van der Waals surface area contributed by atoms with Crippen molar-refractivity contribution >= 4 is 5.69 Å². The lowest BCUT2D eigenvalue weighted by atomic mass is 10.4. The number of anilines is 1. The summed E-state index contributed by atoms with van der Waals surface area (Å²) in [4.78, 5) is 10.9. The van der Waals surface area contributed by atoms with Crippen molar-refractivity contribution in [2.75, 3.05) is 18.6 Å². The molecule has 1 rings (SSSR count). The third-order valence-electron chi connectivity index (χ3n) is 1.64.